The fraction of sp³-hybridized carbons (Fsp3) is 0. The maximum Gasteiger partial charge on any atom is 0.139 e. The van der Waals surface area contributed by atoms with E-state index in [1.807, 2.05) is 0 Å². The molecule has 0 saturated heterocycles. The number of hydrogen-bond acceptors (Lipinski definition) is 2. The minimum Gasteiger partial charge on any atom is -0.397 e. The van der Waals surface area contributed by atoms with Crippen molar-refractivity contribution in [2.45, 2.75) is 0 Å². The maximum atomic E-state index is 5.72. The van der Waals surface area contributed by atoms with Crippen molar-refractivity contribution in [3.05, 3.63) is 23.5 Å². The summed E-state index contributed by atoms with van der Waals surface area (Å²) < 4.78 is 0. The fourth-order valence-corrected chi connectivity index (χ4v) is 1.16. The third-order valence-corrected chi connectivity index (χ3v) is 1.74. The van der Waals surface area contributed by atoms with Crippen molar-refractivity contribution in [1.82, 2.24) is 9.97 Å². The van der Waals surface area contributed by atoms with Crippen molar-refractivity contribution >= 4 is 28.3 Å². The molecule has 0 aliphatic heterocycles. The molecule has 4 heteroatoms. The van der Waals surface area contributed by atoms with Crippen LogP contribution in [-0.4, -0.2) is 9.97 Å². The van der Waals surface area contributed by atoms with Crippen molar-refractivity contribution in [2.24, 2.45) is 0 Å². The summed E-state index contributed by atoms with van der Waals surface area (Å²) >= 11 is 5.72. The van der Waals surface area contributed by atoms with Crippen molar-refractivity contribution in [2.75, 3.05) is 5.73 Å². The average Bonchev–Trinajstić information content (AvgIpc) is 2.33. The highest BCUT2D eigenvalue weighted by atomic mass is 35.5. The van der Waals surface area contributed by atoms with E-state index in [-0.39, 0.29) is 0 Å². The van der Waals surface area contributed by atoms with E-state index in [9.17, 15) is 0 Å². The lowest BCUT2D eigenvalue weighted by Gasteiger charge is -1.90. The molecule has 0 bridgehead atoms. The predicted octanol–water partition coefficient (Wildman–Crippen LogP) is 1.80. The van der Waals surface area contributed by atoms with E-state index in [0.717, 1.165) is 11.0 Å². The van der Waals surface area contributed by atoms with Gasteiger partial charge in [-0.1, -0.05) is 11.6 Å². The molecule has 2 aromatic heterocycles. The van der Waals surface area contributed by atoms with Crippen LogP contribution in [0.2, 0.25) is 5.02 Å². The fourth-order valence-electron chi connectivity index (χ4n) is 0.998. The van der Waals surface area contributed by atoms with E-state index in [1.54, 1.807) is 18.5 Å². The monoisotopic (exact) mass is 167 g/mol. The number of aromatic amines is 1. The number of nitrogens with one attached hydrogen (secondary N) is 1. The van der Waals surface area contributed by atoms with Gasteiger partial charge in [-0.05, 0) is 6.07 Å². The third-order valence-electron chi connectivity index (χ3n) is 1.53. The summed E-state index contributed by atoms with van der Waals surface area (Å²) in [5.74, 6) is 0. The summed E-state index contributed by atoms with van der Waals surface area (Å²) in [7, 11) is 0. The van der Waals surface area contributed by atoms with Crippen LogP contribution in [0.25, 0.3) is 11.0 Å². The smallest absolute Gasteiger partial charge is 0.139 e. The Kier molecular flexibility index (Phi) is 1.26. The Morgan fingerprint density at radius 2 is 2.36 bits per heavy atom. The average molecular weight is 168 g/mol. The van der Waals surface area contributed by atoms with Crippen molar-refractivity contribution < 1.29 is 0 Å². The number of nitrogen functional groups attached to an aromatic ring is 1. The van der Waals surface area contributed by atoms with E-state index < -0.39 is 0 Å². The van der Waals surface area contributed by atoms with Gasteiger partial charge in [-0.3, -0.25) is 0 Å². The maximum absolute atomic E-state index is 5.72. The normalized spacial score (nSPS) is 10.6. The van der Waals surface area contributed by atoms with Crippen LogP contribution in [0.5, 0.6) is 0 Å². The van der Waals surface area contributed by atoms with E-state index in [4.69, 9.17) is 17.3 Å². The Morgan fingerprint density at radius 3 is 3.18 bits per heavy atom. The summed E-state index contributed by atoms with van der Waals surface area (Å²) in [5.41, 5.74) is 7.06. The highest BCUT2D eigenvalue weighted by Crippen LogP contribution is 2.21. The van der Waals surface area contributed by atoms with Gasteiger partial charge in [0.1, 0.15) is 5.65 Å². The molecule has 0 saturated carbocycles. The van der Waals surface area contributed by atoms with Crippen LogP contribution in [0, 0.1) is 0 Å². The largest absolute Gasteiger partial charge is 0.397 e. The summed E-state index contributed by atoms with van der Waals surface area (Å²) in [4.78, 5) is 6.95. The van der Waals surface area contributed by atoms with Crippen LogP contribution in [-0.2, 0) is 0 Å². The second-order valence-electron chi connectivity index (χ2n) is 2.29. The highest BCUT2D eigenvalue weighted by Gasteiger charge is 2.00. The molecular formula is C7H6ClN3. The topological polar surface area (TPSA) is 54.7 Å². The highest BCUT2D eigenvalue weighted by molar-refractivity contribution is 6.31. The first-order chi connectivity index (χ1) is 5.27. The van der Waals surface area contributed by atoms with Crippen LogP contribution >= 0.6 is 11.6 Å². The lowest BCUT2D eigenvalue weighted by atomic mass is 10.3. The zero-order chi connectivity index (χ0) is 7.84. The zero-order valence-corrected chi connectivity index (χ0v) is 6.39. The molecule has 0 radical (unpaired) electrons. The molecule has 56 valence electrons. The van der Waals surface area contributed by atoms with Gasteiger partial charge in [0.2, 0.25) is 0 Å². The van der Waals surface area contributed by atoms with Gasteiger partial charge in [0, 0.05) is 17.8 Å². The number of fused-ring (bicyclic) bond motifs is 1. The Labute approximate surface area is 68.2 Å². The Bertz CT molecular complexity index is 393. The van der Waals surface area contributed by atoms with E-state index in [2.05, 4.69) is 9.97 Å². The Balaban J connectivity index is 2.87. The first-order valence-electron chi connectivity index (χ1n) is 3.15. The molecule has 0 unspecified atom stereocenters. The molecule has 2 heterocycles. The van der Waals surface area contributed by atoms with Crippen molar-refractivity contribution in [3.8, 4) is 0 Å². The second kappa shape index (κ2) is 2.13. The summed E-state index contributed by atoms with van der Waals surface area (Å²) in [5, 5.41) is 1.47. The van der Waals surface area contributed by atoms with Crippen molar-refractivity contribution in [3.63, 3.8) is 0 Å². The van der Waals surface area contributed by atoms with Gasteiger partial charge < -0.3 is 10.7 Å². The molecule has 0 atom stereocenters. The molecular weight excluding hydrogens is 162 g/mol. The quantitative estimate of drug-likeness (QED) is 0.629. The van der Waals surface area contributed by atoms with Gasteiger partial charge in [0.15, 0.2) is 0 Å². The zero-order valence-electron chi connectivity index (χ0n) is 5.63. The van der Waals surface area contributed by atoms with E-state index in [1.165, 1.54) is 0 Å². The van der Waals surface area contributed by atoms with Crippen molar-refractivity contribution in [1.29, 1.82) is 0 Å². The minimum absolute atomic E-state index is 0.601. The lowest BCUT2D eigenvalue weighted by Crippen LogP contribution is -1.80. The number of nitrogens with two attached hydrogens (primary N) is 1. The molecule has 0 aliphatic rings. The SMILES string of the molecule is Nc1c[nH]c2ncc(Cl)cc12. The number of nitrogens with zero attached hydrogens (tertiary/aromatic N) is 1. The standard InChI is InChI=1S/C7H6ClN3/c8-4-1-5-6(9)3-11-7(5)10-2-4/h1-3H,9H2,(H,10,11). The number of pyridine rings is 1. The first kappa shape index (κ1) is 6.49. The van der Waals surface area contributed by atoms with Gasteiger partial charge in [-0.2, -0.15) is 0 Å². The molecule has 2 rings (SSSR count). The molecule has 11 heavy (non-hydrogen) atoms. The molecule has 0 aliphatic carbocycles. The number of aromatic nitrogens is 2. The number of anilines is 1. The van der Waals surface area contributed by atoms with Gasteiger partial charge in [-0.15, -0.1) is 0 Å². The van der Waals surface area contributed by atoms with Crippen LogP contribution in [0.3, 0.4) is 0 Å². The predicted molar refractivity (Wildman–Crippen MR) is 45.5 cm³/mol. The van der Waals surface area contributed by atoms with E-state index in [0.29, 0.717) is 10.7 Å². The van der Waals surface area contributed by atoms with Gasteiger partial charge in [0.25, 0.3) is 0 Å². The lowest BCUT2D eigenvalue weighted by molar-refractivity contribution is 1.33. The number of H-pyrrole nitrogens is 1. The summed E-state index contributed by atoms with van der Waals surface area (Å²) in [6.07, 6.45) is 3.29. The van der Waals surface area contributed by atoms with Crippen LogP contribution in [0.4, 0.5) is 5.69 Å². The van der Waals surface area contributed by atoms with Gasteiger partial charge in [-0.25, -0.2) is 4.98 Å². The first-order valence-corrected chi connectivity index (χ1v) is 3.53. The molecule has 2 aromatic rings. The molecule has 3 N–H and O–H groups in total. The molecule has 0 aromatic carbocycles. The molecule has 0 amide bonds. The Morgan fingerprint density at radius 1 is 1.55 bits per heavy atom. The Hall–Kier alpha value is -1.22. The molecule has 0 spiro atoms. The summed E-state index contributed by atoms with van der Waals surface area (Å²) in [6, 6.07) is 1.79. The second-order valence-corrected chi connectivity index (χ2v) is 2.73. The third kappa shape index (κ3) is 0.935. The van der Waals surface area contributed by atoms with Gasteiger partial charge >= 0.3 is 0 Å². The van der Waals surface area contributed by atoms with Crippen LogP contribution in [0.15, 0.2) is 18.5 Å². The van der Waals surface area contributed by atoms with Crippen LogP contribution in [0.1, 0.15) is 0 Å². The number of halogens is 1. The van der Waals surface area contributed by atoms with Crippen LogP contribution < -0.4 is 5.73 Å². The van der Waals surface area contributed by atoms with E-state index >= 15 is 0 Å². The van der Waals surface area contributed by atoms with Gasteiger partial charge in [0.05, 0.1) is 10.7 Å². The molecule has 0 fully saturated rings. The summed E-state index contributed by atoms with van der Waals surface area (Å²) in [6.45, 7) is 0. The number of rotatable bonds is 0. The number of hydrogen-bond donors (Lipinski definition) is 2. The minimum atomic E-state index is 0.601. The molecule has 3 nitrogen and oxygen atoms in total.